The van der Waals surface area contributed by atoms with Crippen LogP contribution >= 0.6 is 23.5 Å². The maximum Gasteiger partial charge on any atom is 0.327 e. The van der Waals surface area contributed by atoms with Gasteiger partial charge in [-0.1, -0.05) is 6.92 Å². The number of hydrogen-bond acceptors (Lipinski definition) is 4. The molecule has 102 valence electrons. The number of carbonyl (C=O) groups is 2. The van der Waals surface area contributed by atoms with Crippen LogP contribution in [-0.4, -0.2) is 68.7 Å². The Hall–Kier alpha value is -0.560. The van der Waals surface area contributed by atoms with Crippen LogP contribution in [0.1, 0.15) is 13.3 Å². The van der Waals surface area contributed by atoms with Crippen LogP contribution in [-0.2, 0) is 4.79 Å². The lowest BCUT2D eigenvalue weighted by atomic mass is 10.3. The molecule has 0 bridgehead atoms. The van der Waals surface area contributed by atoms with Crippen LogP contribution in [0.2, 0.25) is 0 Å². The summed E-state index contributed by atoms with van der Waals surface area (Å²) < 4.78 is 0. The zero-order valence-electron chi connectivity index (χ0n) is 10.4. The van der Waals surface area contributed by atoms with Gasteiger partial charge in [-0.3, -0.25) is 0 Å². The van der Waals surface area contributed by atoms with E-state index in [9.17, 15) is 9.59 Å². The van der Waals surface area contributed by atoms with E-state index in [0.717, 1.165) is 25.3 Å². The smallest absolute Gasteiger partial charge is 0.327 e. The molecule has 2 atom stereocenters. The molecule has 2 unspecified atom stereocenters. The van der Waals surface area contributed by atoms with Crippen molar-refractivity contribution in [1.82, 2.24) is 9.80 Å². The highest BCUT2D eigenvalue weighted by atomic mass is 32.2. The number of thioether (sulfide) groups is 2. The summed E-state index contributed by atoms with van der Waals surface area (Å²) in [6.07, 6.45) is 1.05. The van der Waals surface area contributed by atoms with Crippen LogP contribution in [0.5, 0.6) is 0 Å². The summed E-state index contributed by atoms with van der Waals surface area (Å²) in [6.45, 7) is 3.60. The molecule has 2 saturated heterocycles. The summed E-state index contributed by atoms with van der Waals surface area (Å²) in [7, 11) is 0. The fourth-order valence-corrected chi connectivity index (χ4v) is 4.48. The van der Waals surface area contributed by atoms with Gasteiger partial charge in [0.1, 0.15) is 6.04 Å². The first-order chi connectivity index (χ1) is 8.63. The zero-order chi connectivity index (χ0) is 13.1. The Morgan fingerprint density at radius 1 is 1.44 bits per heavy atom. The van der Waals surface area contributed by atoms with Crippen LogP contribution in [0.25, 0.3) is 0 Å². The molecule has 0 aliphatic carbocycles. The molecule has 0 aromatic rings. The molecule has 0 saturated carbocycles. The molecule has 0 aromatic carbocycles. The van der Waals surface area contributed by atoms with Crippen molar-refractivity contribution in [1.29, 1.82) is 0 Å². The minimum absolute atomic E-state index is 0.105. The molecule has 2 aliphatic heterocycles. The molecular formula is C11H18N2O3S2. The second kappa shape index (κ2) is 6.06. The van der Waals surface area contributed by atoms with E-state index >= 15 is 0 Å². The number of carbonyl (C=O) groups excluding carboxylic acids is 1. The lowest BCUT2D eigenvalue weighted by molar-refractivity contribution is -0.140. The predicted molar refractivity (Wildman–Crippen MR) is 74.1 cm³/mol. The van der Waals surface area contributed by atoms with E-state index in [1.807, 2.05) is 16.7 Å². The normalized spacial score (nSPS) is 28.5. The predicted octanol–water partition coefficient (Wildman–Crippen LogP) is 1.39. The van der Waals surface area contributed by atoms with Gasteiger partial charge in [-0.15, -0.1) is 11.8 Å². The van der Waals surface area contributed by atoms with Gasteiger partial charge in [0, 0.05) is 29.8 Å². The van der Waals surface area contributed by atoms with E-state index in [-0.39, 0.29) is 6.03 Å². The van der Waals surface area contributed by atoms with Gasteiger partial charge in [0.15, 0.2) is 0 Å². The molecule has 0 radical (unpaired) electrons. The van der Waals surface area contributed by atoms with Crippen molar-refractivity contribution in [3.05, 3.63) is 0 Å². The van der Waals surface area contributed by atoms with E-state index in [2.05, 4.69) is 6.92 Å². The van der Waals surface area contributed by atoms with Gasteiger partial charge in [0.2, 0.25) is 0 Å². The summed E-state index contributed by atoms with van der Waals surface area (Å²) in [5.74, 6) is 1.05. The number of nitrogens with zero attached hydrogens (tertiary/aromatic N) is 2. The number of aliphatic carboxylic acids is 1. The van der Waals surface area contributed by atoms with Gasteiger partial charge in [-0.25, -0.2) is 9.59 Å². The molecule has 18 heavy (non-hydrogen) atoms. The van der Waals surface area contributed by atoms with E-state index in [0.29, 0.717) is 16.9 Å². The third-order valence-corrected chi connectivity index (χ3v) is 5.66. The number of carboxylic acid groups (broad SMARTS) is 1. The Bertz CT molecular complexity index is 340. The van der Waals surface area contributed by atoms with Crippen molar-refractivity contribution in [2.24, 2.45) is 0 Å². The number of hydrogen-bond donors (Lipinski definition) is 1. The number of rotatable bonds is 2. The lowest BCUT2D eigenvalue weighted by Crippen LogP contribution is -2.52. The quantitative estimate of drug-likeness (QED) is 0.833. The summed E-state index contributed by atoms with van der Waals surface area (Å²) in [5, 5.41) is 9.59. The highest BCUT2D eigenvalue weighted by Crippen LogP contribution is 2.26. The number of amides is 2. The maximum atomic E-state index is 12.3. The zero-order valence-corrected chi connectivity index (χ0v) is 12.0. The average molecular weight is 290 g/mol. The monoisotopic (exact) mass is 290 g/mol. The average Bonchev–Trinajstić information content (AvgIpc) is 2.87. The Morgan fingerprint density at radius 2 is 2.22 bits per heavy atom. The first-order valence-corrected chi connectivity index (χ1v) is 8.31. The number of carboxylic acids is 1. The Kier molecular flexibility index (Phi) is 4.66. The van der Waals surface area contributed by atoms with Crippen molar-refractivity contribution in [3.8, 4) is 0 Å². The minimum Gasteiger partial charge on any atom is -0.480 e. The maximum absolute atomic E-state index is 12.3. The van der Waals surface area contributed by atoms with E-state index in [1.165, 1.54) is 16.7 Å². The van der Waals surface area contributed by atoms with Gasteiger partial charge in [-0.05, 0) is 6.42 Å². The highest BCUT2D eigenvalue weighted by molar-refractivity contribution is 8.00. The fourth-order valence-electron chi connectivity index (χ4n) is 2.16. The lowest BCUT2D eigenvalue weighted by Gasteiger charge is -2.35. The molecule has 2 aliphatic rings. The third kappa shape index (κ3) is 2.88. The van der Waals surface area contributed by atoms with Crippen LogP contribution in [0.15, 0.2) is 0 Å². The Morgan fingerprint density at radius 3 is 2.89 bits per heavy atom. The summed E-state index contributed by atoms with van der Waals surface area (Å²) in [5.41, 5.74) is 0. The van der Waals surface area contributed by atoms with E-state index in [4.69, 9.17) is 5.11 Å². The van der Waals surface area contributed by atoms with Crippen LogP contribution in [0, 0.1) is 0 Å². The number of urea groups is 1. The molecule has 2 heterocycles. The van der Waals surface area contributed by atoms with Gasteiger partial charge in [-0.2, -0.15) is 11.8 Å². The SMILES string of the molecule is CCC1CN(C(=O)N2CSCC2C(=O)O)CCS1. The van der Waals surface area contributed by atoms with E-state index < -0.39 is 12.0 Å². The largest absolute Gasteiger partial charge is 0.480 e. The van der Waals surface area contributed by atoms with Crippen molar-refractivity contribution < 1.29 is 14.7 Å². The molecule has 7 heteroatoms. The third-order valence-electron chi connectivity index (χ3n) is 3.28. The first-order valence-electron chi connectivity index (χ1n) is 6.11. The standard InChI is InChI=1S/C11H18N2O3S2/c1-2-8-5-12(3-4-18-8)11(16)13-7-17-6-9(13)10(14)15/h8-9H,2-7H2,1H3,(H,14,15). The second-order valence-corrected chi connectivity index (χ2v) is 6.86. The van der Waals surface area contributed by atoms with Crippen molar-refractivity contribution in [3.63, 3.8) is 0 Å². The summed E-state index contributed by atoms with van der Waals surface area (Å²) in [4.78, 5) is 26.7. The Labute approximate surface area is 115 Å². The molecule has 0 spiro atoms. The van der Waals surface area contributed by atoms with Gasteiger partial charge in [0.05, 0.1) is 5.88 Å². The molecule has 0 aromatic heterocycles. The van der Waals surface area contributed by atoms with Crippen LogP contribution < -0.4 is 0 Å². The van der Waals surface area contributed by atoms with Crippen molar-refractivity contribution in [2.45, 2.75) is 24.6 Å². The van der Waals surface area contributed by atoms with Gasteiger partial charge in [0.25, 0.3) is 0 Å². The van der Waals surface area contributed by atoms with Gasteiger partial charge >= 0.3 is 12.0 Å². The Balaban J connectivity index is 1.99. The highest BCUT2D eigenvalue weighted by Gasteiger charge is 2.37. The molecular weight excluding hydrogens is 272 g/mol. The summed E-state index contributed by atoms with van der Waals surface area (Å²) >= 11 is 3.41. The van der Waals surface area contributed by atoms with E-state index in [1.54, 1.807) is 0 Å². The molecule has 5 nitrogen and oxygen atoms in total. The minimum atomic E-state index is -0.897. The van der Waals surface area contributed by atoms with Crippen molar-refractivity contribution in [2.75, 3.05) is 30.5 Å². The molecule has 1 N–H and O–H groups in total. The van der Waals surface area contributed by atoms with Crippen molar-refractivity contribution >= 4 is 35.5 Å². The fraction of sp³-hybridized carbons (Fsp3) is 0.818. The van der Waals surface area contributed by atoms with Crippen LogP contribution in [0.3, 0.4) is 0 Å². The topological polar surface area (TPSA) is 60.9 Å². The van der Waals surface area contributed by atoms with Crippen LogP contribution in [0.4, 0.5) is 4.79 Å². The van der Waals surface area contributed by atoms with Gasteiger partial charge < -0.3 is 14.9 Å². The molecule has 2 amide bonds. The second-order valence-electron chi connectivity index (χ2n) is 4.45. The molecule has 2 rings (SSSR count). The first kappa shape index (κ1) is 13.9. The summed E-state index contributed by atoms with van der Waals surface area (Å²) in [6, 6.07) is -0.761. The molecule has 2 fully saturated rings.